The van der Waals surface area contributed by atoms with Crippen molar-refractivity contribution in [1.29, 1.82) is 0 Å². The van der Waals surface area contributed by atoms with E-state index in [9.17, 15) is 14.0 Å². The first-order valence-electron chi connectivity index (χ1n) is 7.80. The lowest BCUT2D eigenvalue weighted by molar-refractivity contribution is -0.126. The molecule has 0 aliphatic carbocycles. The van der Waals surface area contributed by atoms with Crippen molar-refractivity contribution in [3.8, 4) is 17.0 Å². The van der Waals surface area contributed by atoms with Crippen LogP contribution < -0.4 is 15.4 Å². The highest BCUT2D eigenvalue weighted by molar-refractivity contribution is 5.93. The molecule has 3 rings (SSSR count). The Morgan fingerprint density at radius 2 is 2.20 bits per heavy atom. The van der Waals surface area contributed by atoms with Gasteiger partial charge in [-0.1, -0.05) is 0 Å². The molecule has 1 aromatic heterocycles. The van der Waals surface area contributed by atoms with Crippen molar-refractivity contribution in [2.75, 3.05) is 19.0 Å². The van der Waals surface area contributed by atoms with E-state index < -0.39 is 5.82 Å². The number of nitrogens with zero attached hydrogens (tertiary/aromatic N) is 2. The summed E-state index contributed by atoms with van der Waals surface area (Å²) in [5.74, 6) is -0.296. The number of methoxy groups -OCH3 is 1. The Bertz CT molecular complexity index is 802. The first kappa shape index (κ1) is 16.8. The van der Waals surface area contributed by atoms with Gasteiger partial charge in [0.1, 0.15) is 23.7 Å². The number of benzene rings is 1. The third-order valence-electron chi connectivity index (χ3n) is 3.99. The molecule has 130 valence electrons. The highest BCUT2D eigenvalue weighted by atomic mass is 19.1. The molecule has 8 heteroatoms. The van der Waals surface area contributed by atoms with Gasteiger partial charge in [0.05, 0.1) is 18.7 Å². The molecule has 1 aliphatic heterocycles. The number of nitrogens with one attached hydrogen (secondary N) is 2. The van der Waals surface area contributed by atoms with Crippen molar-refractivity contribution in [1.82, 2.24) is 15.3 Å². The average molecular weight is 344 g/mol. The van der Waals surface area contributed by atoms with Gasteiger partial charge in [0.2, 0.25) is 11.8 Å². The Morgan fingerprint density at radius 1 is 1.36 bits per heavy atom. The standard InChI is InChI=1S/C17H17FN4O3/c1-25-14-6-11(18)3-4-12(14)13-7-15(21-9-20-13)22-17(24)10-2-5-16(23)19-8-10/h3-4,6-7,9-10H,2,5,8H2,1H3,(H,19,23)(H,20,21,22,24). The predicted octanol–water partition coefficient (Wildman–Crippen LogP) is 1.76. The summed E-state index contributed by atoms with van der Waals surface area (Å²) in [7, 11) is 1.44. The van der Waals surface area contributed by atoms with Gasteiger partial charge in [0, 0.05) is 30.7 Å². The molecule has 0 radical (unpaired) electrons. The lowest BCUT2D eigenvalue weighted by Gasteiger charge is -2.21. The number of piperidine rings is 1. The van der Waals surface area contributed by atoms with Gasteiger partial charge in [0.15, 0.2) is 0 Å². The number of amides is 2. The zero-order chi connectivity index (χ0) is 17.8. The summed E-state index contributed by atoms with van der Waals surface area (Å²) in [5.41, 5.74) is 1.09. The molecule has 1 aromatic carbocycles. The molecular weight excluding hydrogens is 327 g/mol. The minimum atomic E-state index is -0.414. The normalized spacial score (nSPS) is 16.9. The highest BCUT2D eigenvalue weighted by Gasteiger charge is 2.24. The lowest BCUT2D eigenvalue weighted by atomic mass is 9.98. The Kier molecular flexibility index (Phi) is 4.87. The maximum absolute atomic E-state index is 13.3. The van der Waals surface area contributed by atoms with E-state index in [0.29, 0.717) is 42.2 Å². The zero-order valence-corrected chi connectivity index (χ0v) is 13.6. The van der Waals surface area contributed by atoms with Crippen LogP contribution in [0.25, 0.3) is 11.3 Å². The molecule has 1 saturated heterocycles. The molecule has 2 N–H and O–H groups in total. The van der Waals surface area contributed by atoms with Crippen molar-refractivity contribution in [2.45, 2.75) is 12.8 Å². The Hall–Kier alpha value is -3.03. The zero-order valence-electron chi connectivity index (χ0n) is 13.6. The fourth-order valence-electron chi connectivity index (χ4n) is 2.63. The molecule has 0 bridgehead atoms. The van der Waals surface area contributed by atoms with Crippen LogP contribution in [-0.2, 0) is 9.59 Å². The van der Waals surface area contributed by atoms with Crippen molar-refractivity contribution < 1.29 is 18.7 Å². The van der Waals surface area contributed by atoms with Gasteiger partial charge < -0.3 is 15.4 Å². The smallest absolute Gasteiger partial charge is 0.230 e. The number of carbonyl (C=O) groups is 2. The van der Waals surface area contributed by atoms with E-state index in [1.54, 1.807) is 12.1 Å². The van der Waals surface area contributed by atoms with Crippen molar-refractivity contribution in [3.63, 3.8) is 0 Å². The topological polar surface area (TPSA) is 93.2 Å². The number of hydrogen-bond donors (Lipinski definition) is 2. The van der Waals surface area contributed by atoms with Gasteiger partial charge in [-0.2, -0.15) is 0 Å². The maximum Gasteiger partial charge on any atom is 0.230 e. The molecule has 25 heavy (non-hydrogen) atoms. The second-order valence-corrected chi connectivity index (χ2v) is 5.66. The number of carbonyl (C=O) groups excluding carboxylic acids is 2. The van der Waals surface area contributed by atoms with E-state index in [2.05, 4.69) is 20.6 Å². The van der Waals surface area contributed by atoms with E-state index in [4.69, 9.17) is 4.74 Å². The van der Waals surface area contributed by atoms with Gasteiger partial charge in [-0.05, 0) is 18.6 Å². The van der Waals surface area contributed by atoms with Crippen LogP contribution in [0.1, 0.15) is 12.8 Å². The lowest BCUT2D eigenvalue weighted by Crippen LogP contribution is -2.40. The number of aromatic nitrogens is 2. The largest absolute Gasteiger partial charge is 0.496 e. The summed E-state index contributed by atoms with van der Waals surface area (Å²) in [4.78, 5) is 31.7. The Balaban J connectivity index is 1.78. The van der Waals surface area contributed by atoms with E-state index in [0.717, 1.165) is 0 Å². The summed E-state index contributed by atoms with van der Waals surface area (Å²) in [6, 6.07) is 5.72. The van der Waals surface area contributed by atoms with Crippen LogP contribution in [0.4, 0.5) is 10.2 Å². The summed E-state index contributed by atoms with van der Waals surface area (Å²) in [6.07, 6.45) is 2.15. The number of rotatable bonds is 4. The molecule has 0 spiro atoms. The van der Waals surface area contributed by atoms with E-state index in [1.807, 2.05) is 0 Å². The summed E-state index contributed by atoms with van der Waals surface area (Å²) >= 11 is 0. The number of halogens is 1. The molecule has 2 amide bonds. The van der Waals surface area contributed by atoms with Crippen molar-refractivity contribution in [3.05, 3.63) is 36.4 Å². The van der Waals surface area contributed by atoms with Crippen LogP contribution >= 0.6 is 0 Å². The second-order valence-electron chi connectivity index (χ2n) is 5.66. The molecule has 1 fully saturated rings. The van der Waals surface area contributed by atoms with Crippen LogP contribution in [0.15, 0.2) is 30.6 Å². The minimum Gasteiger partial charge on any atom is -0.496 e. The summed E-state index contributed by atoms with van der Waals surface area (Å²) in [5, 5.41) is 5.40. The van der Waals surface area contributed by atoms with E-state index in [-0.39, 0.29) is 17.7 Å². The van der Waals surface area contributed by atoms with Crippen LogP contribution in [-0.4, -0.2) is 35.4 Å². The van der Waals surface area contributed by atoms with Gasteiger partial charge in [-0.3, -0.25) is 9.59 Å². The molecule has 1 atom stereocenters. The quantitative estimate of drug-likeness (QED) is 0.881. The maximum atomic E-state index is 13.3. The highest BCUT2D eigenvalue weighted by Crippen LogP contribution is 2.30. The van der Waals surface area contributed by atoms with Gasteiger partial charge in [-0.15, -0.1) is 0 Å². The summed E-state index contributed by atoms with van der Waals surface area (Å²) < 4.78 is 18.5. The van der Waals surface area contributed by atoms with Crippen LogP contribution in [0.2, 0.25) is 0 Å². The summed E-state index contributed by atoms with van der Waals surface area (Å²) in [6.45, 7) is 0.314. The van der Waals surface area contributed by atoms with E-state index in [1.165, 1.54) is 25.6 Å². The van der Waals surface area contributed by atoms with E-state index >= 15 is 0 Å². The third-order valence-corrected chi connectivity index (χ3v) is 3.99. The second kappa shape index (κ2) is 7.25. The SMILES string of the molecule is COc1cc(F)ccc1-c1cc(NC(=O)C2CCC(=O)NC2)ncn1. The van der Waals surface area contributed by atoms with Crippen LogP contribution in [0, 0.1) is 11.7 Å². The first-order valence-corrected chi connectivity index (χ1v) is 7.80. The fraction of sp³-hybridized carbons (Fsp3) is 0.294. The molecule has 7 nitrogen and oxygen atoms in total. The number of anilines is 1. The fourth-order valence-corrected chi connectivity index (χ4v) is 2.63. The molecule has 2 aromatic rings. The van der Waals surface area contributed by atoms with Gasteiger partial charge in [0.25, 0.3) is 0 Å². The predicted molar refractivity (Wildman–Crippen MR) is 88.3 cm³/mol. The van der Waals surface area contributed by atoms with Gasteiger partial charge in [-0.25, -0.2) is 14.4 Å². The van der Waals surface area contributed by atoms with Crippen LogP contribution in [0.5, 0.6) is 5.75 Å². The Labute approximate surface area is 143 Å². The van der Waals surface area contributed by atoms with Crippen molar-refractivity contribution in [2.24, 2.45) is 5.92 Å². The molecule has 2 heterocycles. The van der Waals surface area contributed by atoms with Crippen LogP contribution in [0.3, 0.4) is 0 Å². The van der Waals surface area contributed by atoms with Gasteiger partial charge >= 0.3 is 0 Å². The molecule has 1 aliphatic rings. The minimum absolute atomic E-state index is 0.0447. The number of ether oxygens (including phenoxy) is 1. The molecular formula is C17H17FN4O3. The third kappa shape index (κ3) is 3.90. The monoisotopic (exact) mass is 344 g/mol. The van der Waals surface area contributed by atoms with Crippen molar-refractivity contribution >= 4 is 17.6 Å². The molecule has 1 unspecified atom stereocenters. The molecule has 0 saturated carbocycles. The first-order chi connectivity index (χ1) is 12.1. The average Bonchev–Trinajstić information content (AvgIpc) is 2.62. The number of hydrogen-bond acceptors (Lipinski definition) is 5. The Morgan fingerprint density at radius 3 is 2.92 bits per heavy atom.